The molecule has 66 valence electrons. The normalized spacial score (nSPS) is 31.6. The SMILES string of the molecule is COC1=CC2CC2C=C1N(C)C. The maximum Gasteiger partial charge on any atom is 0.138 e. The fourth-order valence-electron chi connectivity index (χ4n) is 1.73. The van der Waals surface area contributed by atoms with Crippen molar-refractivity contribution in [2.45, 2.75) is 6.42 Å². The van der Waals surface area contributed by atoms with E-state index < -0.39 is 0 Å². The van der Waals surface area contributed by atoms with E-state index in [1.165, 1.54) is 12.1 Å². The van der Waals surface area contributed by atoms with Crippen LogP contribution in [-0.4, -0.2) is 26.1 Å². The number of hydrogen-bond donors (Lipinski definition) is 0. The molecule has 0 aromatic rings. The van der Waals surface area contributed by atoms with Crippen LogP contribution < -0.4 is 0 Å². The van der Waals surface area contributed by atoms with E-state index in [4.69, 9.17) is 4.74 Å². The summed E-state index contributed by atoms with van der Waals surface area (Å²) >= 11 is 0. The second kappa shape index (κ2) is 2.54. The van der Waals surface area contributed by atoms with E-state index in [9.17, 15) is 0 Å². The minimum Gasteiger partial charge on any atom is -0.495 e. The van der Waals surface area contributed by atoms with Crippen molar-refractivity contribution < 1.29 is 4.74 Å². The van der Waals surface area contributed by atoms with Crippen LogP contribution in [0.15, 0.2) is 23.6 Å². The minimum absolute atomic E-state index is 0.767. The zero-order valence-corrected chi connectivity index (χ0v) is 7.87. The lowest BCUT2D eigenvalue weighted by Gasteiger charge is -2.21. The highest BCUT2D eigenvalue weighted by molar-refractivity contribution is 5.34. The lowest BCUT2D eigenvalue weighted by atomic mass is 10.1. The van der Waals surface area contributed by atoms with E-state index in [-0.39, 0.29) is 0 Å². The third kappa shape index (κ3) is 1.11. The molecule has 2 nitrogen and oxygen atoms in total. The van der Waals surface area contributed by atoms with Crippen molar-refractivity contribution >= 4 is 0 Å². The van der Waals surface area contributed by atoms with Gasteiger partial charge >= 0.3 is 0 Å². The van der Waals surface area contributed by atoms with E-state index in [1.807, 2.05) is 0 Å². The van der Waals surface area contributed by atoms with Gasteiger partial charge in [-0.1, -0.05) is 6.08 Å². The van der Waals surface area contributed by atoms with Gasteiger partial charge in [-0.2, -0.15) is 0 Å². The summed E-state index contributed by atoms with van der Waals surface area (Å²) in [6, 6.07) is 0. The highest BCUT2D eigenvalue weighted by atomic mass is 16.5. The van der Waals surface area contributed by atoms with Crippen LogP contribution in [0.2, 0.25) is 0 Å². The van der Waals surface area contributed by atoms with Gasteiger partial charge in [0.15, 0.2) is 0 Å². The van der Waals surface area contributed by atoms with E-state index in [1.54, 1.807) is 7.11 Å². The van der Waals surface area contributed by atoms with Crippen molar-refractivity contribution in [3.63, 3.8) is 0 Å². The third-order valence-corrected chi connectivity index (χ3v) is 2.58. The Hall–Kier alpha value is -0.920. The first kappa shape index (κ1) is 7.71. The Morgan fingerprint density at radius 2 is 2.00 bits per heavy atom. The summed E-state index contributed by atoms with van der Waals surface area (Å²) < 4.78 is 5.31. The molecular formula is C10H15NO. The second-order valence-corrected chi connectivity index (χ2v) is 3.74. The zero-order chi connectivity index (χ0) is 8.72. The zero-order valence-electron chi connectivity index (χ0n) is 7.87. The van der Waals surface area contributed by atoms with Crippen molar-refractivity contribution in [1.29, 1.82) is 0 Å². The number of methoxy groups -OCH3 is 1. The summed E-state index contributed by atoms with van der Waals surface area (Å²) in [6.07, 6.45) is 5.88. The molecule has 2 heteroatoms. The summed E-state index contributed by atoms with van der Waals surface area (Å²) in [6.45, 7) is 0. The first-order valence-electron chi connectivity index (χ1n) is 4.37. The average molecular weight is 165 g/mol. The standard InChI is InChI=1S/C10H15NO/c1-11(2)9-5-7-4-8(7)6-10(9)12-3/h5-8H,4H2,1-3H3. The highest BCUT2D eigenvalue weighted by Crippen LogP contribution is 2.46. The van der Waals surface area contributed by atoms with E-state index in [2.05, 4.69) is 31.1 Å². The molecule has 0 bridgehead atoms. The van der Waals surface area contributed by atoms with E-state index >= 15 is 0 Å². The molecule has 0 saturated heterocycles. The molecule has 0 radical (unpaired) electrons. The summed E-state index contributed by atoms with van der Waals surface area (Å²) in [5.41, 5.74) is 1.23. The van der Waals surface area contributed by atoms with E-state index in [0.717, 1.165) is 17.6 Å². The number of ether oxygens (including phenoxy) is 1. The Morgan fingerprint density at radius 1 is 1.33 bits per heavy atom. The van der Waals surface area contributed by atoms with Gasteiger partial charge in [0.25, 0.3) is 0 Å². The first-order valence-corrected chi connectivity index (χ1v) is 4.37. The van der Waals surface area contributed by atoms with Gasteiger partial charge in [0, 0.05) is 14.1 Å². The smallest absolute Gasteiger partial charge is 0.138 e. The number of nitrogens with zero attached hydrogens (tertiary/aromatic N) is 1. The molecule has 0 heterocycles. The van der Waals surface area contributed by atoms with Crippen LogP contribution >= 0.6 is 0 Å². The number of fused-ring (bicyclic) bond motifs is 1. The van der Waals surface area contributed by atoms with Crippen LogP contribution in [0.4, 0.5) is 0 Å². The highest BCUT2D eigenvalue weighted by Gasteiger charge is 2.38. The monoisotopic (exact) mass is 165 g/mol. The van der Waals surface area contributed by atoms with Crippen molar-refractivity contribution in [2.24, 2.45) is 11.8 Å². The Labute approximate surface area is 73.5 Å². The van der Waals surface area contributed by atoms with Crippen LogP contribution in [0.5, 0.6) is 0 Å². The largest absolute Gasteiger partial charge is 0.495 e. The van der Waals surface area contributed by atoms with Crippen LogP contribution in [-0.2, 0) is 4.74 Å². The molecule has 2 aliphatic carbocycles. The minimum atomic E-state index is 0.767. The maximum absolute atomic E-state index is 5.31. The first-order chi connectivity index (χ1) is 5.72. The predicted molar refractivity (Wildman–Crippen MR) is 48.5 cm³/mol. The maximum atomic E-state index is 5.31. The molecule has 2 rings (SSSR count). The van der Waals surface area contributed by atoms with Crippen molar-refractivity contribution in [2.75, 3.05) is 21.2 Å². The lowest BCUT2D eigenvalue weighted by Crippen LogP contribution is -2.16. The fourth-order valence-corrected chi connectivity index (χ4v) is 1.73. The van der Waals surface area contributed by atoms with Crippen LogP contribution in [0.25, 0.3) is 0 Å². The molecule has 2 unspecified atom stereocenters. The van der Waals surface area contributed by atoms with Gasteiger partial charge < -0.3 is 9.64 Å². The van der Waals surface area contributed by atoms with Gasteiger partial charge in [-0.3, -0.25) is 0 Å². The van der Waals surface area contributed by atoms with Gasteiger partial charge in [0.05, 0.1) is 12.8 Å². The Kier molecular flexibility index (Phi) is 1.63. The molecule has 12 heavy (non-hydrogen) atoms. The molecule has 0 N–H and O–H groups in total. The van der Waals surface area contributed by atoms with Crippen molar-refractivity contribution in [1.82, 2.24) is 4.90 Å². The summed E-state index contributed by atoms with van der Waals surface area (Å²) in [5.74, 6) is 2.60. The number of likely N-dealkylation sites (N-methyl/N-ethyl adjacent to an activating group) is 1. The van der Waals surface area contributed by atoms with Gasteiger partial charge in [-0.25, -0.2) is 0 Å². The second-order valence-electron chi connectivity index (χ2n) is 3.74. The van der Waals surface area contributed by atoms with Crippen molar-refractivity contribution in [3.8, 4) is 0 Å². The quantitative estimate of drug-likeness (QED) is 0.616. The lowest BCUT2D eigenvalue weighted by molar-refractivity contribution is 0.274. The van der Waals surface area contributed by atoms with Gasteiger partial charge in [0.1, 0.15) is 5.76 Å². The topological polar surface area (TPSA) is 12.5 Å². The van der Waals surface area contributed by atoms with Crippen LogP contribution in [0.3, 0.4) is 0 Å². The van der Waals surface area contributed by atoms with Gasteiger partial charge in [-0.15, -0.1) is 0 Å². The third-order valence-electron chi connectivity index (χ3n) is 2.58. The molecule has 1 saturated carbocycles. The Morgan fingerprint density at radius 3 is 2.58 bits per heavy atom. The molecule has 1 fully saturated rings. The van der Waals surface area contributed by atoms with E-state index in [0.29, 0.717) is 0 Å². The average Bonchev–Trinajstić information content (AvgIpc) is 2.79. The molecule has 0 amide bonds. The molecule has 2 atom stereocenters. The summed E-state index contributed by atoms with van der Waals surface area (Å²) in [5, 5.41) is 0. The molecule has 0 aromatic heterocycles. The van der Waals surface area contributed by atoms with Crippen LogP contribution in [0.1, 0.15) is 6.42 Å². The molecule has 2 aliphatic rings. The molecular weight excluding hydrogens is 150 g/mol. The number of rotatable bonds is 2. The van der Waals surface area contributed by atoms with Crippen molar-refractivity contribution in [3.05, 3.63) is 23.6 Å². The predicted octanol–water partition coefficient (Wildman–Crippen LogP) is 1.61. The van der Waals surface area contributed by atoms with Gasteiger partial charge in [0.2, 0.25) is 0 Å². The fraction of sp³-hybridized carbons (Fsp3) is 0.600. The van der Waals surface area contributed by atoms with Gasteiger partial charge in [-0.05, 0) is 24.3 Å². The summed E-state index contributed by atoms with van der Waals surface area (Å²) in [4.78, 5) is 2.11. The molecule has 0 aromatic carbocycles. The molecule has 0 spiro atoms. The summed E-state index contributed by atoms with van der Waals surface area (Å²) in [7, 11) is 5.86. The number of allylic oxidation sites excluding steroid dienone is 2. The Balaban J connectivity index is 2.24. The van der Waals surface area contributed by atoms with Crippen LogP contribution in [0, 0.1) is 11.8 Å². The molecule has 0 aliphatic heterocycles. The Bertz CT molecular complexity index is 253. The number of hydrogen-bond acceptors (Lipinski definition) is 2.